The topological polar surface area (TPSA) is 175 Å². The number of fused-ring (bicyclic) bond motifs is 3. The van der Waals surface area contributed by atoms with Crippen LogP contribution < -0.4 is 20.7 Å². The Balaban J connectivity index is 1.16. The van der Waals surface area contributed by atoms with Crippen molar-refractivity contribution >= 4 is 39.5 Å². The predicted molar refractivity (Wildman–Crippen MR) is 195 cm³/mol. The van der Waals surface area contributed by atoms with Crippen LogP contribution in [0, 0.1) is 11.3 Å². The molecule has 5 aliphatic rings. The van der Waals surface area contributed by atoms with E-state index in [1.165, 1.54) is 4.90 Å². The molecule has 2 aromatic rings. The van der Waals surface area contributed by atoms with Crippen molar-refractivity contribution < 1.29 is 41.2 Å². The lowest BCUT2D eigenvalue weighted by molar-refractivity contribution is -0.143. The van der Waals surface area contributed by atoms with E-state index in [0.717, 1.165) is 47.9 Å². The molecule has 1 heterocycles. The SMILES string of the molecule is CC(C)(C)[C@H](NC(=O)NC1CCCC1)C(=O)N1C[C@H](ON=C2c3ccccc3-c3ccccc32)C[C@H]1C(=O)N[C@@]1(C(=O)NS(=O)(=O)C2CC2)C[C@H]1C(F)F. The molecule has 5 atom stereocenters. The fourth-order valence-electron chi connectivity index (χ4n) is 7.87. The molecule has 0 radical (unpaired) electrons. The van der Waals surface area contributed by atoms with Crippen molar-refractivity contribution in [1.29, 1.82) is 0 Å². The number of likely N-dealkylation sites (tertiary alicyclic amines) is 1. The zero-order valence-electron chi connectivity index (χ0n) is 30.4. The standard InChI is InChI=1S/C38H46F2N6O7S/c1-37(2,3)31(42-36(50)41-21-10-4-5-11-21)34(48)46-20-22(53-44-30-26-14-8-6-12-24(26)25-13-7-9-15-27(25)30)18-29(46)33(47)43-38(19-28(38)32(39)40)35(49)45-54(51,52)23-16-17-23/h6-9,12-15,21-23,28-29,31-32H,4-5,10-11,16-20H2,1-3H3,(H,43,47)(H,45,49)(H2,41,42,50)/t22-,28+,29+,31-,38+/m1/s1. The Morgan fingerprint density at radius 1 is 0.926 bits per heavy atom. The zero-order chi connectivity index (χ0) is 38.6. The molecule has 0 bridgehead atoms. The maximum absolute atomic E-state index is 14.5. The number of alkyl halides is 2. The van der Waals surface area contributed by atoms with Gasteiger partial charge in [-0.2, -0.15) is 0 Å². The molecule has 54 heavy (non-hydrogen) atoms. The first kappa shape index (κ1) is 37.7. The number of amides is 5. The van der Waals surface area contributed by atoms with Gasteiger partial charge in [0, 0.05) is 23.6 Å². The maximum Gasteiger partial charge on any atom is 0.315 e. The normalized spacial score (nSPS) is 25.4. The number of benzene rings is 2. The van der Waals surface area contributed by atoms with Gasteiger partial charge in [0.25, 0.3) is 5.91 Å². The number of hydrogen-bond donors (Lipinski definition) is 4. The quantitative estimate of drug-likeness (QED) is 0.215. The second-order valence-electron chi connectivity index (χ2n) is 16.2. The minimum absolute atomic E-state index is 0.0267. The third-order valence-electron chi connectivity index (χ3n) is 11.1. The first-order valence-electron chi connectivity index (χ1n) is 18.6. The van der Waals surface area contributed by atoms with E-state index in [-0.39, 0.29) is 19.0 Å². The molecule has 5 amide bonds. The average Bonchev–Trinajstić information content (AvgIpc) is 3.97. The number of hydrogen-bond acceptors (Lipinski definition) is 8. The molecule has 3 saturated carbocycles. The van der Waals surface area contributed by atoms with E-state index in [1.54, 1.807) is 20.8 Å². The van der Waals surface area contributed by atoms with Crippen LogP contribution in [0.2, 0.25) is 0 Å². The molecule has 4 fully saturated rings. The molecule has 0 spiro atoms. The zero-order valence-corrected chi connectivity index (χ0v) is 31.3. The number of urea groups is 1. The third-order valence-corrected chi connectivity index (χ3v) is 13.0. The molecule has 2 aromatic carbocycles. The Kier molecular flexibility index (Phi) is 9.94. The van der Waals surface area contributed by atoms with Crippen molar-refractivity contribution in [3.63, 3.8) is 0 Å². The second-order valence-corrected chi connectivity index (χ2v) is 18.1. The Morgan fingerprint density at radius 3 is 2.06 bits per heavy atom. The van der Waals surface area contributed by atoms with Crippen LogP contribution in [0.25, 0.3) is 11.1 Å². The van der Waals surface area contributed by atoms with E-state index in [0.29, 0.717) is 18.6 Å². The van der Waals surface area contributed by atoms with Crippen LogP contribution >= 0.6 is 0 Å². The number of nitrogens with one attached hydrogen (secondary N) is 4. The highest BCUT2D eigenvalue weighted by Crippen LogP contribution is 2.48. The number of carbonyl (C=O) groups is 4. The van der Waals surface area contributed by atoms with E-state index in [1.807, 2.05) is 53.3 Å². The van der Waals surface area contributed by atoms with Crippen LogP contribution in [0.3, 0.4) is 0 Å². The fraction of sp³-hybridized carbons (Fsp3) is 0.553. The lowest BCUT2D eigenvalue weighted by Crippen LogP contribution is -2.61. The number of sulfonamides is 1. The highest BCUT2D eigenvalue weighted by atomic mass is 32.2. The molecule has 7 rings (SSSR count). The van der Waals surface area contributed by atoms with Gasteiger partial charge in [0.1, 0.15) is 29.4 Å². The van der Waals surface area contributed by atoms with E-state index >= 15 is 0 Å². The number of nitrogens with zero attached hydrogens (tertiary/aromatic N) is 2. The molecule has 0 unspecified atom stereocenters. The van der Waals surface area contributed by atoms with Gasteiger partial charge >= 0.3 is 6.03 Å². The van der Waals surface area contributed by atoms with Gasteiger partial charge in [0.15, 0.2) is 0 Å². The van der Waals surface area contributed by atoms with Crippen LogP contribution in [-0.4, -0.2) is 90.8 Å². The number of halogens is 2. The first-order chi connectivity index (χ1) is 25.6. The number of carbonyl (C=O) groups excluding carboxylic acids is 4. The lowest BCUT2D eigenvalue weighted by atomic mass is 9.85. The minimum atomic E-state index is -4.11. The van der Waals surface area contributed by atoms with Gasteiger partial charge in [0.05, 0.1) is 17.7 Å². The van der Waals surface area contributed by atoms with Gasteiger partial charge in [-0.1, -0.05) is 87.3 Å². The van der Waals surface area contributed by atoms with Crippen LogP contribution in [0.5, 0.6) is 0 Å². The molecule has 16 heteroatoms. The van der Waals surface area contributed by atoms with E-state index in [2.05, 4.69) is 21.1 Å². The smallest absolute Gasteiger partial charge is 0.315 e. The minimum Gasteiger partial charge on any atom is -0.390 e. The molecular weight excluding hydrogens is 723 g/mol. The first-order valence-corrected chi connectivity index (χ1v) is 20.1. The van der Waals surface area contributed by atoms with Crippen molar-refractivity contribution in [3.8, 4) is 11.1 Å². The van der Waals surface area contributed by atoms with Crippen LogP contribution in [0.1, 0.15) is 83.3 Å². The van der Waals surface area contributed by atoms with Crippen molar-refractivity contribution in [2.45, 2.75) is 114 Å². The van der Waals surface area contributed by atoms with Crippen LogP contribution in [0.4, 0.5) is 13.6 Å². The van der Waals surface area contributed by atoms with Gasteiger partial charge < -0.3 is 25.7 Å². The summed E-state index contributed by atoms with van der Waals surface area (Å²) in [4.78, 5) is 62.5. The summed E-state index contributed by atoms with van der Waals surface area (Å²) < 4.78 is 55.4. The summed E-state index contributed by atoms with van der Waals surface area (Å²) in [7, 11) is -4.11. The largest absolute Gasteiger partial charge is 0.390 e. The van der Waals surface area contributed by atoms with Gasteiger partial charge in [0.2, 0.25) is 28.3 Å². The van der Waals surface area contributed by atoms with Crippen molar-refractivity contribution in [2.75, 3.05) is 6.54 Å². The number of oxime groups is 1. The summed E-state index contributed by atoms with van der Waals surface area (Å²) in [6, 6.07) is 12.4. The second kappa shape index (κ2) is 14.2. The van der Waals surface area contributed by atoms with Gasteiger partial charge in [-0.05, 0) is 48.6 Å². The molecular formula is C38H46F2N6O7S. The van der Waals surface area contributed by atoms with Crippen LogP contribution in [0.15, 0.2) is 53.7 Å². The predicted octanol–water partition coefficient (Wildman–Crippen LogP) is 3.81. The monoisotopic (exact) mass is 768 g/mol. The Hall–Kier alpha value is -4.60. The lowest BCUT2D eigenvalue weighted by Gasteiger charge is -2.35. The maximum atomic E-state index is 14.5. The summed E-state index contributed by atoms with van der Waals surface area (Å²) in [5, 5.41) is 11.9. The average molecular weight is 769 g/mol. The fourth-order valence-corrected chi connectivity index (χ4v) is 9.23. The van der Waals surface area contributed by atoms with Crippen LogP contribution in [-0.2, 0) is 29.2 Å². The molecule has 1 aliphatic heterocycles. The highest BCUT2D eigenvalue weighted by molar-refractivity contribution is 7.91. The summed E-state index contributed by atoms with van der Waals surface area (Å²) in [6.07, 6.45) is -0.201. The van der Waals surface area contributed by atoms with Crippen molar-refractivity contribution in [1.82, 2.24) is 25.6 Å². The molecule has 1 saturated heterocycles. The summed E-state index contributed by atoms with van der Waals surface area (Å²) in [5.74, 6) is -4.41. The van der Waals surface area contributed by atoms with Crippen molar-refractivity contribution in [2.24, 2.45) is 16.5 Å². The van der Waals surface area contributed by atoms with Crippen molar-refractivity contribution in [3.05, 3.63) is 59.7 Å². The highest BCUT2D eigenvalue weighted by Gasteiger charge is 2.67. The molecule has 4 N–H and O–H groups in total. The van der Waals surface area contributed by atoms with Gasteiger partial charge in [-0.15, -0.1) is 0 Å². The number of rotatable bonds is 11. The summed E-state index contributed by atoms with van der Waals surface area (Å²) >= 11 is 0. The van der Waals surface area contributed by atoms with Gasteiger partial charge in [-0.25, -0.2) is 22.0 Å². The molecule has 0 aromatic heterocycles. The van der Waals surface area contributed by atoms with E-state index in [4.69, 9.17) is 4.84 Å². The summed E-state index contributed by atoms with van der Waals surface area (Å²) in [5.41, 5.74) is 1.15. The summed E-state index contributed by atoms with van der Waals surface area (Å²) in [6.45, 7) is 5.15. The molecule has 4 aliphatic carbocycles. The Labute approximate surface area is 313 Å². The molecule has 290 valence electrons. The Morgan fingerprint density at radius 2 is 1.52 bits per heavy atom. The van der Waals surface area contributed by atoms with Gasteiger partial charge in [-0.3, -0.25) is 19.1 Å². The van der Waals surface area contributed by atoms with E-state index in [9.17, 15) is 36.4 Å². The molecule has 13 nitrogen and oxygen atoms in total. The Bertz CT molecular complexity index is 1930. The van der Waals surface area contributed by atoms with E-state index < -0.39 is 86.9 Å². The third kappa shape index (κ3) is 7.40.